The Morgan fingerprint density at radius 1 is 1.35 bits per heavy atom. The third-order valence-corrected chi connectivity index (χ3v) is 2.97. The molecule has 90 valence electrons. The Balaban J connectivity index is 2.32. The molecule has 1 rings (SSSR count). The van der Waals surface area contributed by atoms with Crippen LogP contribution in [0.2, 0.25) is 0 Å². The molecule has 0 aliphatic rings. The lowest BCUT2D eigenvalue weighted by molar-refractivity contribution is -0.115. The molecule has 0 saturated heterocycles. The zero-order valence-corrected chi connectivity index (χ0v) is 10.2. The van der Waals surface area contributed by atoms with Gasteiger partial charge in [-0.2, -0.15) is 17.0 Å². The molecule has 4 nitrogen and oxygen atoms in total. The second-order valence-electron chi connectivity index (χ2n) is 3.32. The zero-order chi connectivity index (χ0) is 12.5. The van der Waals surface area contributed by atoms with E-state index in [9.17, 15) is 4.79 Å². The number of nitrogens with one attached hydrogen (secondary N) is 1. The SMILES string of the molecule is N#Cc1ccc(NC(=O)CCSCCO)cc1. The highest BCUT2D eigenvalue weighted by molar-refractivity contribution is 7.99. The summed E-state index contributed by atoms with van der Waals surface area (Å²) in [6, 6.07) is 8.75. The van der Waals surface area contributed by atoms with Gasteiger partial charge in [-0.05, 0) is 24.3 Å². The van der Waals surface area contributed by atoms with Gasteiger partial charge in [-0.1, -0.05) is 0 Å². The summed E-state index contributed by atoms with van der Waals surface area (Å²) >= 11 is 1.54. The molecule has 17 heavy (non-hydrogen) atoms. The number of amides is 1. The van der Waals surface area contributed by atoms with E-state index in [1.54, 1.807) is 36.0 Å². The van der Waals surface area contributed by atoms with Crippen molar-refractivity contribution in [1.29, 1.82) is 5.26 Å². The van der Waals surface area contributed by atoms with Gasteiger partial charge in [-0.15, -0.1) is 0 Å². The van der Waals surface area contributed by atoms with Crippen molar-refractivity contribution in [2.45, 2.75) is 6.42 Å². The molecule has 0 radical (unpaired) electrons. The van der Waals surface area contributed by atoms with E-state index >= 15 is 0 Å². The van der Waals surface area contributed by atoms with E-state index in [1.165, 1.54) is 0 Å². The van der Waals surface area contributed by atoms with Crippen molar-refractivity contribution in [3.63, 3.8) is 0 Å². The van der Waals surface area contributed by atoms with E-state index < -0.39 is 0 Å². The molecule has 0 aliphatic carbocycles. The minimum Gasteiger partial charge on any atom is -0.396 e. The minimum atomic E-state index is -0.0554. The Morgan fingerprint density at radius 2 is 2.06 bits per heavy atom. The summed E-state index contributed by atoms with van der Waals surface area (Å²) in [5.41, 5.74) is 1.27. The number of hydrogen-bond donors (Lipinski definition) is 2. The fourth-order valence-electron chi connectivity index (χ4n) is 1.18. The van der Waals surface area contributed by atoms with Gasteiger partial charge in [0.05, 0.1) is 18.2 Å². The van der Waals surface area contributed by atoms with Gasteiger partial charge >= 0.3 is 0 Å². The molecule has 1 aromatic carbocycles. The lowest BCUT2D eigenvalue weighted by atomic mass is 10.2. The quantitative estimate of drug-likeness (QED) is 0.752. The number of carbonyl (C=O) groups excluding carboxylic acids is 1. The van der Waals surface area contributed by atoms with Crippen molar-refractivity contribution >= 4 is 23.4 Å². The van der Waals surface area contributed by atoms with Crippen molar-refractivity contribution in [2.24, 2.45) is 0 Å². The van der Waals surface area contributed by atoms with Gasteiger partial charge in [-0.3, -0.25) is 4.79 Å². The van der Waals surface area contributed by atoms with Crippen LogP contribution < -0.4 is 5.32 Å². The van der Waals surface area contributed by atoms with Crippen LogP contribution in [0.1, 0.15) is 12.0 Å². The highest BCUT2D eigenvalue weighted by atomic mass is 32.2. The molecule has 5 heteroatoms. The Bertz CT molecular complexity index is 398. The number of benzene rings is 1. The largest absolute Gasteiger partial charge is 0.396 e. The third kappa shape index (κ3) is 5.38. The number of nitrogens with zero attached hydrogens (tertiary/aromatic N) is 1. The molecule has 0 heterocycles. The monoisotopic (exact) mass is 250 g/mol. The van der Waals surface area contributed by atoms with E-state index in [4.69, 9.17) is 10.4 Å². The predicted octanol–water partition coefficient (Wildman–Crippen LogP) is 1.61. The normalized spacial score (nSPS) is 9.65. The summed E-state index contributed by atoms with van der Waals surface area (Å²) in [5, 5.41) is 19.9. The number of carbonyl (C=O) groups is 1. The van der Waals surface area contributed by atoms with Gasteiger partial charge in [0, 0.05) is 23.6 Å². The smallest absolute Gasteiger partial charge is 0.225 e. The van der Waals surface area contributed by atoms with Crippen LogP contribution in [0.5, 0.6) is 0 Å². The molecular formula is C12H14N2O2S. The van der Waals surface area contributed by atoms with Gasteiger partial charge in [0.25, 0.3) is 0 Å². The number of aliphatic hydroxyl groups excluding tert-OH is 1. The van der Waals surface area contributed by atoms with Crippen LogP contribution in [0.4, 0.5) is 5.69 Å². The third-order valence-electron chi connectivity index (χ3n) is 2.01. The first-order chi connectivity index (χ1) is 8.26. The Labute approximate surface area is 105 Å². The lowest BCUT2D eigenvalue weighted by Gasteiger charge is -2.04. The number of hydrogen-bond acceptors (Lipinski definition) is 4. The van der Waals surface area contributed by atoms with E-state index in [2.05, 4.69) is 5.32 Å². The fraction of sp³-hybridized carbons (Fsp3) is 0.333. The van der Waals surface area contributed by atoms with Crippen LogP contribution in [0.15, 0.2) is 24.3 Å². The molecule has 0 aliphatic heterocycles. The first kappa shape index (κ1) is 13.6. The number of aliphatic hydroxyl groups is 1. The van der Waals surface area contributed by atoms with Crippen LogP contribution in [-0.4, -0.2) is 29.1 Å². The summed E-state index contributed by atoms with van der Waals surface area (Å²) in [6.07, 6.45) is 0.421. The van der Waals surface area contributed by atoms with Gasteiger partial charge in [-0.25, -0.2) is 0 Å². The second kappa shape index (κ2) is 7.71. The molecule has 1 amide bonds. The van der Waals surface area contributed by atoms with Crippen molar-refractivity contribution < 1.29 is 9.90 Å². The van der Waals surface area contributed by atoms with Crippen LogP contribution in [0.3, 0.4) is 0 Å². The fourth-order valence-corrected chi connectivity index (χ4v) is 1.85. The maximum absolute atomic E-state index is 11.5. The molecular weight excluding hydrogens is 236 g/mol. The minimum absolute atomic E-state index is 0.0554. The van der Waals surface area contributed by atoms with Crippen molar-refractivity contribution in [3.8, 4) is 6.07 Å². The van der Waals surface area contributed by atoms with Crippen LogP contribution >= 0.6 is 11.8 Å². The molecule has 0 fully saturated rings. The highest BCUT2D eigenvalue weighted by Gasteiger charge is 2.02. The van der Waals surface area contributed by atoms with Crippen molar-refractivity contribution in [3.05, 3.63) is 29.8 Å². The van der Waals surface area contributed by atoms with Gasteiger partial charge < -0.3 is 10.4 Å². The standard InChI is InChI=1S/C12H14N2O2S/c13-9-10-1-3-11(4-2-10)14-12(16)5-7-17-8-6-15/h1-4,15H,5-8H2,(H,14,16). The van der Waals surface area contributed by atoms with Crippen LogP contribution in [0.25, 0.3) is 0 Å². The Hall–Kier alpha value is -1.51. The van der Waals surface area contributed by atoms with Gasteiger partial charge in [0.1, 0.15) is 0 Å². The maximum Gasteiger partial charge on any atom is 0.225 e. The summed E-state index contributed by atoms with van der Waals surface area (Å²) in [6.45, 7) is 0.141. The molecule has 2 N–H and O–H groups in total. The number of anilines is 1. The van der Waals surface area contributed by atoms with Gasteiger partial charge in [0.15, 0.2) is 0 Å². The van der Waals surface area contributed by atoms with E-state index in [-0.39, 0.29) is 12.5 Å². The summed E-state index contributed by atoms with van der Waals surface area (Å²) < 4.78 is 0. The average Bonchev–Trinajstić information content (AvgIpc) is 2.36. The molecule has 0 saturated carbocycles. The first-order valence-electron chi connectivity index (χ1n) is 5.25. The summed E-state index contributed by atoms with van der Waals surface area (Å²) in [7, 11) is 0. The number of thioether (sulfide) groups is 1. The summed E-state index contributed by atoms with van der Waals surface area (Å²) in [5.74, 6) is 1.30. The number of nitriles is 1. The Kier molecular flexibility index (Phi) is 6.15. The van der Waals surface area contributed by atoms with Gasteiger partial charge in [0.2, 0.25) is 5.91 Å². The predicted molar refractivity (Wildman–Crippen MR) is 68.8 cm³/mol. The molecule has 0 bridgehead atoms. The van der Waals surface area contributed by atoms with E-state index in [0.29, 0.717) is 29.2 Å². The van der Waals surface area contributed by atoms with E-state index in [1.807, 2.05) is 6.07 Å². The lowest BCUT2D eigenvalue weighted by Crippen LogP contribution is -2.12. The van der Waals surface area contributed by atoms with Crippen molar-refractivity contribution in [1.82, 2.24) is 0 Å². The molecule has 0 unspecified atom stereocenters. The number of rotatable bonds is 6. The Morgan fingerprint density at radius 3 is 2.65 bits per heavy atom. The molecule has 0 spiro atoms. The molecule has 1 aromatic rings. The topological polar surface area (TPSA) is 73.1 Å². The van der Waals surface area contributed by atoms with Crippen LogP contribution in [0, 0.1) is 11.3 Å². The molecule has 0 atom stereocenters. The van der Waals surface area contributed by atoms with E-state index in [0.717, 1.165) is 0 Å². The first-order valence-corrected chi connectivity index (χ1v) is 6.40. The zero-order valence-electron chi connectivity index (χ0n) is 9.35. The summed E-state index contributed by atoms with van der Waals surface area (Å²) in [4.78, 5) is 11.5. The molecule has 0 aromatic heterocycles. The average molecular weight is 250 g/mol. The second-order valence-corrected chi connectivity index (χ2v) is 4.55. The van der Waals surface area contributed by atoms with Crippen molar-refractivity contribution in [2.75, 3.05) is 23.4 Å². The highest BCUT2D eigenvalue weighted by Crippen LogP contribution is 2.10. The van der Waals surface area contributed by atoms with Crippen LogP contribution in [-0.2, 0) is 4.79 Å². The maximum atomic E-state index is 11.5.